The third-order valence-corrected chi connectivity index (χ3v) is 6.34. The number of thiazole rings is 1. The van der Waals surface area contributed by atoms with Gasteiger partial charge in [-0.3, -0.25) is 18.7 Å². The van der Waals surface area contributed by atoms with Gasteiger partial charge in [0.1, 0.15) is 13.3 Å². The number of aliphatic imine (C=N–C) groups is 1. The second-order valence-corrected chi connectivity index (χ2v) is 9.12. The van der Waals surface area contributed by atoms with Gasteiger partial charge in [0.25, 0.3) is 16.8 Å². The Kier molecular flexibility index (Phi) is 7.86. The lowest BCUT2D eigenvalue weighted by Crippen LogP contribution is -2.50. The quantitative estimate of drug-likeness (QED) is 0.160. The van der Waals surface area contributed by atoms with Gasteiger partial charge in [-0.15, -0.1) is 0 Å². The first-order valence-electron chi connectivity index (χ1n) is 9.76. The van der Waals surface area contributed by atoms with Crippen molar-refractivity contribution in [1.82, 2.24) is 4.90 Å². The lowest BCUT2D eigenvalue weighted by Gasteiger charge is -2.32. The van der Waals surface area contributed by atoms with E-state index in [1.165, 1.54) is 0 Å². The zero-order chi connectivity index (χ0) is 25.0. The Morgan fingerprint density at radius 3 is 2.32 bits per heavy atom. The van der Waals surface area contributed by atoms with Crippen molar-refractivity contribution in [2.45, 2.75) is 6.04 Å². The minimum Gasteiger partial charge on any atom is -0.726 e. The van der Waals surface area contributed by atoms with E-state index in [1.807, 2.05) is 29.3 Å². The molecule has 34 heavy (non-hydrogen) atoms. The van der Waals surface area contributed by atoms with Crippen molar-refractivity contribution in [3.05, 3.63) is 58.0 Å². The van der Waals surface area contributed by atoms with Gasteiger partial charge in [-0.1, -0.05) is 23.5 Å². The van der Waals surface area contributed by atoms with Crippen molar-refractivity contribution in [2.24, 2.45) is 12.0 Å². The molecule has 0 unspecified atom stereocenters. The van der Waals surface area contributed by atoms with Crippen LogP contribution in [0.25, 0.3) is 10.8 Å². The van der Waals surface area contributed by atoms with Crippen LogP contribution in [-0.4, -0.2) is 72.5 Å². The van der Waals surface area contributed by atoms with Gasteiger partial charge in [-0.05, 0) is 18.2 Å². The van der Waals surface area contributed by atoms with Gasteiger partial charge in [0.15, 0.2) is 6.20 Å². The normalized spacial score (nSPS) is 13.6. The first kappa shape index (κ1) is 25.6. The summed E-state index contributed by atoms with van der Waals surface area (Å²) >= 11 is 1.56. The number of imide groups is 1. The number of rotatable bonds is 6. The number of benzene rings is 2. The summed E-state index contributed by atoms with van der Waals surface area (Å²) in [6.07, 6.45) is 3.69. The first-order chi connectivity index (χ1) is 16.1. The van der Waals surface area contributed by atoms with Crippen LogP contribution in [0.5, 0.6) is 0 Å². The molecule has 11 nitrogen and oxygen atoms in total. The molecule has 1 aromatic heterocycles. The number of carbonyl (C=O) groups excluding carboxylic acids is 2. The van der Waals surface area contributed by atoms with Crippen molar-refractivity contribution in [1.29, 1.82) is 0 Å². The minimum atomic E-state index is -4.41. The molecule has 2 N–H and O–H groups in total. The van der Waals surface area contributed by atoms with Crippen molar-refractivity contribution in [3.63, 3.8) is 0 Å². The fourth-order valence-electron chi connectivity index (χ4n) is 3.36. The monoisotopic (exact) mass is 507 g/mol. The van der Waals surface area contributed by atoms with E-state index in [1.54, 1.807) is 41.8 Å². The van der Waals surface area contributed by atoms with Crippen LogP contribution in [0.2, 0.25) is 0 Å². The maximum absolute atomic E-state index is 12.9. The summed E-state index contributed by atoms with van der Waals surface area (Å²) in [7, 11) is -1.67. The number of aryl methyl sites for hydroxylation is 1. The van der Waals surface area contributed by atoms with Gasteiger partial charge in [-0.25, -0.2) is 13.4 Å². The summed E-state index contributed by atoms with van der Waals surface area (Å²) in [6, 6.07) is 7.62. The summed E-state index contributed by atoms with van der Waals surface area (Å²) in [5.74, 6) is -1.05. The van der Waals surface area contributed by atoms with Gasteiger partial charge in [-0.2, -0.15) is 4.57 Å². The lowest BCUT2D eigenvalue weighted by atomic mass is 9.92. The van der Waals surface area contributed by atoms with E-state index in [2.05, 4.69) is 9.18 Å². The van der Waals surface area contributed by atoms with Gasteiger partial charge < -0.3 is 14.8 Å². The molecule has 0 bridgehead atoms. The van der Waals surface area contributed by atoms with Crippen LogP contribution in [0.4, 0.5) is 5.69 Å². The summed E-state index contributed by atoms with van der Waals surface area (Å²) < 4.78 is 33.0. The summed E-state index contributed by atoms with van der Waals surface area (Å²) in [4.78, 5) is 31.3. The molecule has 2 amide bonds. The SMILES string of the molecule is COS(=O)(=O)[O-].C[n+]1ccsc1/C=N/c1ccc2c3c(cccc13)C(=O)N(C(CO)CO)C2=O. The fraction of sp³-hybridized carbons (Fsp3) is 0.238. The Labute approximate surface area is 199 Å². The van der Waals surface area contributed by atoms with Crippen molar-refractivity contribution < 1.29 is 41.5 Å². The summed E-state index contributed by atoms with van der Waals surface area (Å²) in [6.45, 7) is -1.00. The van der Waals surface area contributed by atoms with Crippen LogP contribution in [-0.2, 0) is 21.6 Å². The van der Waals surface area contributed by atoms with Crippen LogP contribution in [0.15, 0.2) is 46.9 Å². The van der Waals surface area contributed by atoms with Crippen LogP contribution >= 0.6 is 11.3 Å². The third kappa shape index (κ3) is 5.19. The smallest absolute Gasteiger partial charge is 0.279 e. The average molecular weight is 508 g/mol. The number of hydrogen-bond donors (Lipinski definition) is 2. The van der Waals surface area contributed by atoms with E-state index in [0.29, 0.717) is 27.6 Å². The van der Waals surface area contributed by atoms with Gasteiger partial charge in [0, 0.05) is 21.9 Å². The van der Waals surface area contributed by atoms with Crippen molar-refractivity contribution >= 4 is 56.2 Å². The first-order valence-corrected chi connectivity index (χ1v) is 12.0. The van der Waals surface area contributed by atoms with Gasteiger partial charge in [0.2, 0.25) is 10.4 Å². The highest BCUT2D eigenvalue weighted by Crippen LogP contribution is 2.36. The molecule has 2 aromatic carbocycles. The van der Waals surface area contributed by atoms with Crippen LogP contribution < -0.4 is 4.57 Å². The van der Waals surface area contributed by atoms with Gasteiger partial charge >= 0.3 is 0 Å². The number of carbonyl (C=O) groups is 2. The molecule has 0 fully saturated rings. The molecule has 0 saturated carbocycles. The fourth-order valence-corrected chi connectivity index (χ4v) is 4.08. The number of aliphatic hydroxyl groups is 2. The maximum Gasteiger partial charge on any atom is 0.279 e. The number of nitrogens with zero attached hydrogens (tertiary/aromatic N) is 3. The zero-order valence-corrected chi connectivity index (χ0v) is 19.7. The van der Waals surface area contributed by atoms with Crippen molar-refractivity contribution in [3.8, 4) is 0 Å². The largest absolute Gasteiger partial charge is 0.726 e. The standard InChI is InChI=1S/C20H18N3O4S.CH4O4S/c1-22-7-8-28-17(22)9-21-16-6-5-15-18-13(16)3-2-4-14(18)19(26)23(20(15)27)12(10-24)11-25;1-5-6(2,3)4/h2-9,12,24-25H,10-11H2,1H3;1H3,(H,2,3,4)/q+1;/p-1/b21-9+;. The Morgan fingerprint density at radius 1 is 1.18 bits per heavy atom. The topological polar surface area (TPSA) is 161 Å². The summed E-state index contributed by atoms with van der Waals surface area (Å²) in [5, 5.41) is 23.1. The molecule has 3 aromatic rings. The van der Waals surface area contributed by atoms with Gasteiger partial charge in [0.05, 0.1) is 37.4 Å². The average Bonchev–Trinajstić information content (AvgIpc) is 3.23. The predicted octanol–water partition coefficient (Wildman–Crippen LogP) is 0.519. The molecule has 1 aliphatic rings. The molecule has 4 rings (SSSR count). The highest BCUT2D eigenvalue weighted by atomic mass is 32.3. The second-order valence-electron chi connectivity index (χ2n) is 7.04. The predicted molar refractivity (Wildman–Crippen MR) is 122 cm³/mol. The number of amides is 2. The molecule has 180 valence electrons. The van der Waals surface area contributed by atoms with E-state index < -0.39 is 41.5 Å². The summed E-state index contributed by atoms with van der Waals surface area (Å²) in [5.41, 5.74) is 1.37. The Balaban J connectivity index is 0.000000481. The van der Waals surface area contributed by atoms with E-state index >= 15 is 0 Å². The molecular weight excluding hydrogens is 486 g/mol. The molecule has 0 aliphatic carbocycles. The third-order valence-electron chi connectivity index (χ3n) is 5.04. The highest BCUT2D eigenvalue weighted by molar-refractivity contribution is 7.80. The van der Waals surface area contributed by atoms with Crippen LogP contribution in [0.1, 0.15) is 25.7 Å². The van der Waals surface area contributed by atoms with E-state index in [4.69, 9.17) is 0 Å². The Bertz CT molecular complexity index is 1340. The Morgan fingerprint density at radius 2 is 1.79 bits per heavy atom. The number of hydrogen-bond acceptors (Lipinski definition) is 10. The molecule has 0 radical (unpaired) electrons. The molecule has 0 atom stereocenters. The van der Waals surface area contributed by atoms with E-state index in [9.17, 15) is 32.8 Å². The number of aliphatic hydroxyl groups excluding tert-OH is 2. The van der Waals surface area contributed by atoms with Crippen LogP contribution in [0, 0.1) is 0 Å². The van der Waals surface area contributed by atoms with Crippen molar-refractivity contribution in [2.75, 3.05) is 20.3 Å². The second kappa shape index (κ2) is 10.5. The molecular formula is C21H21N3O8S2. The molecule has 0 spiro atoms. The molecule has 0 saturated heterocycles. The zero-order valence-electron chi connectivity index (χ0n) is 18.1. The maximum atomic E-state index is 12.9. The molecule has 13 heteroatoms. The molecule has 2 heterocycles. The minimum absolute atomic E-state index is 0.359. The van der Waals surface area contributed by atoms with E-state index in [0.717, 1.165) is 17.0 Å². The lowest BCUT2D eigenvalue weighted by molar-refractivity contribution is -0.667. The van der Waals surface area contributed by atoms with E-state index in [-0.39, 0.29) is 0 Å². The van der Waals surface area contributed by atoms with Crippen LogP contribution in [0.3, 0.4) is 0 Å². The number of aromatic nitrogens is 1. The Hall–Kier alpha value is -3.07. The molecule has 1 aliphatic heterocycles. The highest BCUT2D eigenvalue weighted by Gasteiger charge is 2.37.